The van der Waals surface area contributed by atoms with E-state index in [9.17, 15) is 0 Å². The van der Waals surface area contributed by atoms with Crippen molar-refractivity contribution in [2.75, 3.05) is 0 Å². The second-order valence-electron chi connectivity index (χ2n) is 20.7. The van der Waals surface area contributed by atoms with Gasteiger partial charge >= 0.3 is 0 Å². The van der Waals surface area contributed by atoms with Gasteiger partial charge in [-0.1, -0.05) is 188 Å². The van der Waals surface area contributed by atoms with Crippen LogP contribution in [-0.4, -0.2) is 14.1 Å². The van der Waals surface area contributed by atoms with Gasteiger partial charge in [-0.15, -0.1) is 29.8 Å². The van der Waals surface area contributed by atoms with Gasteiger partial charge in [0.1, 0.15) is 5.82 Å². The fraction of sp³-hybridized carbons (Fsp3) is 0.206. The maximum absolute atomic E-state index is 6.81. The predicted molar refractivity (Wildman–Crippen MR) is 277 cm³/mol. The standard InChI is InChI=1S/C63H58N4O.Pt/c1-60(2,3)55-41-53(42-57-59(55)54-30-19-20-31-56(54)67(57)58-39-47(32-33-64-58)61(4,5)44-22-13-10-14-23-44)68-52-29-21-28-50(40-52)65-34-35-66(43-65)51-37-48(62(6,7)45-24-15-11-16-25-45)36-49(38-51)63(8,9)46-26-17-12-18-27-46;/h10-39,41H,1-9H3;/q-2;. The first kappa shape index (κ1) is 47.3. The first-order valence-corrected chi connectivity index (χ1v) is 23.6. The number of rotatable bonds is 11. The van der Waals surface area contributed by atoms with Crippen LogP contribution in [-0.2, 0) is 42.7 Å². The normalized spacial score (nSPS) is 12.3. The Morgan fingerprint density at radius 2 is 1.09 bits per heavy atom. The molecule has 10 aromatic rings. The summed E-state index contributed by atoms with van der Waals surface area (Å²) in [6, 6.07) is 67.6. The Morgan fingerprint density at radius 1 is 0.522 bits per heavy atom. The van der Waals surface area contributed by atoms with Crippen LogP contribution in [0.5, 0.6) is 11.5 Å². The van der Waals surface area contributed by atoms with Crippen molar-refractivity contribution in [2.24, 2.45) is 0 Å². The Bertz CT molecular complexity index is 3360. The number of aromatic nitrogens is 4. The number of ether oxygens (including phenoxy) is 1. The number of imidazole rings is 1. The van der Waals surface area contributed by atoms with Crippen LogP contribution < -0.4 is 9.30 Å². The smallest absolute Gasteiger partial charge is 0.267 e. The third kappa shape index (κ3) is 8.90. The second-order valence-corrected chi connectivity index (χ2v) is 20.7. The van der Waals surface area contributed by atoms with Crippen molar-refractivity contribution in [3.63, 3.8) is 0 Å². The summed E-state index contributed by atoms with van der Waals surface area (Å²) >= 11 is 0. The Kier molecular flexibility index (Phi) is 12.5. The van der Waals surface area contributed by atoms with Crippen LogP contribution in [0.2, 0.25) is 0 Å². The van der Waals surface area contributed by atoms with Crippen molar-refractivity contribution in [3.05, 3.63) is 246 Å². The molecule has 3 aromatic heterocycles. The summed E-state index contributed by atoms with van der Waals surface area (Å²) in [4.78, 5) is 5.01. The molecule has 7 aromatic carbocycles. The van der Waals surface area contributed by atoms with Gasteiger partial charge in [0.2, 0.25) is 0 Å². The number of nitrogens with zero attached hydrogens (tertiary/aromatic N) is 4. The van der Waals surface area contributed by atoms with Crippen molar-refractivity contribution < 1.29 is 30.4 Å². The molecule has 5 nitrogen and oxygen atoms in total. The molecule has 0 fully saturated rings. The van der Waals surface area contributed by atoms with Crippen molar-refractivity contribution in [2.45, 2.75) is 84.0 Å². The summed E-state index contributed by atoms with van der Waals surface area (Å²) in [6.45, 7) is 20.5. The number of benzene rings is 7. The second kappa shape index (κ2) is 18.3. The molecule has 6 heteroatoms. The molecule has 0 atom stereocenters. The number of para-hydroxylation sites is 1. The van der Waals surface area contributed by atoms with Crippen molar-refractivity contribution >= 4 is 21.8 Å². The van der Waals surface area contributed by atoms with E-state index in [1.807, 2.05) is 35.2 Å². The molecule has 0 radical (unpaired) electrons. The Hall–Kier alpha value is -6.81. The van der Waals surface area contributed by atoms with Crippen LogP contribution in [0.4, 0.5) is 0 Å². The Morgan fingerprint density at radius 3 is 1.68 bits per heavy atom. The average Bonchev–Trinajstić information content (AvgIpc) is 3.98. The molecule has 0 spiro atoms. The predicted octanol–water partition coefficient (Wildman–Crippen LogP) is 14.7. The van der Waals surface area contributed by atoms with Gasteiger partial charge in [-0.05, 0) is 80.2 Å². The van der Waals surface area contributed by atoms with E-state index in [1.165, 1.54) is 38.9 Å². The molecule has 0 saturated carbocycles. The van der Waals surface area contributed by atoms with E-state index in [-0.39, 0.29) is 42.7 Å². The van der Waals surface area contributed by atoms with E-state index in [0.717, 1.165) is 39.0 Å². The number of fused-ring (bicyclic) bond motifs is 3. The monoisotopic (exact) mass is 1080 g/mol. The van der Waals surface area contributed by atoms with Crippen molar-refractivity contribution in [1.82, 2.24) is 14.1 Å². The summed E-state index contributed by atoms with van der Waals surface area (Å²) in [5.41, 5.74) is 11.5. The van der Waals surface area contributed by atoms with Gasteiger partial charge in [0.05, 0.1) is 5.69 Å². The largest absolute Gasteiger partial charge is 0.510 e. The number of pyridine rings is 1. The van der Waals surface area contributed by atoms with Gasteiger partial charge in [-0.2, -0.15) is 12.1 Å². The zero-order chi connectivity index (χ0) is 47.4. The molecule has 0 N–H and O–H groups in total. The third-order valence-corrected chi connectivity index (χ3v) is 14.1. The van der Waals surface area contributed by atoms with Gasteiger partial charge in [0, 0.05) is 72.9 Å². The Balaban J connectivity index is 0.00000593. The Labute approximate surface area is 422 Å². The van der Waals surface area contributed by atoms with Crippen molar-refractivity contribution in [1.29, 1.82) is 0 Å². The molecule has 0 unspecified atom stereocenters. The fourth-order valence-corrected chi connectivity index (χ4v) is 9.69. The van der Waals surface area contributed by atoms with E-state index in [4.69, 9.17) is 9.72 Å². The molecule has 10 rings (SSSR count). The van der Waals surface area contributed by atoms with Gasteiger partial charge in [-0.3, -0.25) is 4.57 Å². The fourth-order valence-electron chi connectivity index (χ4n) is 9.69. The van der Waals surface area contributed by atoms with Crippen LogP contribution in [0.1, 0.15) is 101 Å². The zero-order valence-electron chi connectivity index (χ0n) is 40.9. The van der Waals surface area contributed by atoms with Crippen LogP contribution in [0.3, 0.4) is 0 Å². The molecule has 0 aliphatic heterocycles. The van der Waals surface area contributed by atoms with Crippen LogP contribution in [0, 0.1) is 18.5 Å². The summed E-state index contributed by atoms with van der Waals surface area (Å²) < 4.78 is 13.1. The van der Waals surface area contributed by atoms with Crippen LogP contribution in [0.15, 0.2) is 188 Å². The molecule has 0 amide bonds. The van der Waals surface area contributed by atoms with Gasteiger partial charge in [-0.25, -0.2) is 4.98 Å². The molecular formula is C63H58N4OPt-2. The van der Waals surface area contributed by atoms with E-state index >= 15 is 0 Å². The van der Waals surface area contributed by atoms with Crippen LogP contribution >= 0.6 is 0 Å². The van der Waals surface area contributed by atoms with Gasteiger partial charge in [0.15, 0.2) is 0 Å². The number of hydrogen-bond donors (Lipinski definition) is 0. The summed E-state index contributed by atoms with van der Waals surface area (Å²) in [5, 5.41) is 2.30. The topological polar surface area (TPSA) is 35.9 Å². The average molecular weight is 1080 g/mol. The third-order valence-electron chi connectivity index (χ3n) is 14.1. The maximum atomic E-state index is 6.81. The zero-order valence-corrected chi connectivity index (χ0v) is 43.2. The first-order chi connectivity index (χ1) is 32.6. The van der Waals surface area contributed by atoms with Gasteiger partial charge < -0.3 is 13.9 Å². The van der Waals surface area contributed by atoms with Gasteiger partial charge in [0.25, 0.3) is 6.33 Å². The van der Waals surface area contributed by atoms with E-state index in [0.29, 0.717) is 11.5 Å². The quantitative estimate of drug-likeness (QED) is 0.0956. The summed E-state index contributed by atoms with van der Waals surface area (Å²) in [6.07, 6.45) is 9.64. The molecule has 0 bridgehead atoms. The minimum absolute atomic E-state index is 0. The van der Waals surface area contributed by atoms with E-state index in [1.54, 1.807) is 0 Å². The van der Waals surface area contributed by atoms with E-state index in [2.05, 4.69) is 248 Å². The molecule has 69 heavy (non-hydrogen) atoms. The summed E-state index contributed by atoms with van der Waals surface area (Å²) in [5.74, 6) is 2.03. The minimum atomic E-state index is -0.248. The minimum Gasteiger partial charge on any atom is -0.510 e. The SMILES string of the molecule is CC(C)(C)c1cc(Oc2[c-]c(-n3[c-][n+](-c4cc(C(C)(C)c5ccccc5)cc(C(C)(C)c5ccccc5)c4)cc3)ccc2)[c-]c2c1c1ccccc1n2-c1cc(C(C)(C)c2ccccc2)ccn1.[Pt]. The first-order valence-electron chi connectivity index (χ1n) is 23.6. The number of hydrogen-bond acceptors (Lipinski definition) is 2. The van der Waals surface area contributed by atoms with Crippen LogP contribution in [0.25, 0.3) is 39.0 Å². The molecule has 0 aliphatic rings. The molecular weight excluding hydrogens is 1020 g/mol. The molecule has 0 aliphatic carbocycles. The molecule has 3 heterocycles. The molecule has 348 valence electrons. The molecule has 0 saturated heterocycles. The maximum Gasteiger partial charge on any atom is 0.267 e. The summed E-state index contributed by atoms with van der Waals surface area (Å²) in [7, 11) is 0. The van der Waals surface area contributed by atoms with Crippen molar-refractivity contribution in [3.8, 4) is 28.7 Å². The van der Waals surface area contributed by atoms with E-state index < -0.39 is 0 Å².